The Labute approximate surface area is 257 Å². The monoisotopic (exact) mass is 626 g/mol. The summed E-state index contributed by atoms with van der Waals surface area (Å²) in [6.45, 7) is 3.12. The molecular formula is C34H31F5N2O4. The summed E-state index contributed by atoms with van der Waals surface area (Å²) in [7, 11) is 1.98. The minimum absolute atomic E-state index is 0.0221. The number of carbonyl (C=O) groups is 1. The van der Waals surface area contributed by atoms with Gasteiger partial charge in [-0.2, -0.15) is 0 Å². The van der Waals surface area contributed by atoms with Crippen LogP contribution in [0.5, 0.6) is 0 Å². The van der Waals surface area contributed by atoms with Gasteiger partial charge in [-0.15, -0.1) is 0 Å². The highest BCUT2D eigenvalue weighted by Gasteiger charge is 2.39. The first-order valence-electron chi connectivity index (χ1n) is 14.2. The molecule has 0 aromatic heterocycles. The third kappa shape index (κ3) is 7.07. The third-order valence-corrected chi connectivity index (χ3v) is 7.76. The van der Waals surface area contributed by atoms with Gasteiger partial charge in [-0.25, -0.2) is 22.0 Å². The van der Waals surface area contributed by atoms with Gasteiger partial charge in [0.2, 0.25) is 5.82 Å². The molecule has 4 aromatic rings. The Hall–Kier alpha value is -4.16. The highest BCUT2D eigenvalue weighted by molar-refractivity contribution is 6.04. The molecule has 11 heteroatoms. The minimum Gasteiger partial charge on any atom is -0.392 e. The molecule has 1 saturated heterocycles. The molecule has 236 valence electrons. The number of halogens is 5. The smallest absolute Gasteiger partial charge is 0.261 e. The molecule has 0 unspecified atom stereocenters. The van der Waals surface area contributed by atoms with E-state index in [4.69, 9.17) is 9.47 Å². The molecule has 0 spiro atoms. The van der Waals surface area contributed by atoms with Gasteiger partial charge in [-0.3, -0.25) is 9.69 Å². The summed E-state index contributed by atoms with van der Waals surface area (Å²) in [4.78, 5) is 14.8. The molecule has 1 heterocycles. The molecule has 4 aromatic carbocycles. The number of anilines is 1. The van der Waals surface area contributed by atoms with Crippen molar-refractivity contribution in [2.24, 2.45) is 5.92 Å². The molecule has 0 aliphatic carbocycles. The van der Waals surface area contributed by atoms with Gasteiger partial charge >= 0.3 is 0 Å². The van der Waals surface area contributed by atoms with E-state index >= 15 is 0 Å². The molecule has 0 saturated carbocycles. The van der Waals surface area contributed by atoms with Crippen LogP contribution in [0.15, 0.2) is 78.9 Å². The van der Waals surface area contributed by atoms with Crippen molar-refractivity contribution in [2.75, 3.05) is 18.9 Å². The Balaban J connectivity index is 1.41. The lowest BCUT2D eigenvalue weighted by Gasteiger charge is -2.42. The van der Waals surface area contributed by atoms with Gasteiger partial charge < -0.3 is 19.9 Å². The number of hydrogen-bond acceptors (Lipinski definition) is 5. The molecule has 0 radical (unpaired) electrons. The first-order chi connectivity index (χ1) is 21.6. The van der Waals surface area contributed by atoms with E-state index in [1.165, 1.54) is 18.2 Å². The highest BCUT2D eigenvalue weighted by Crippen LogP contribution is 2.42. The number of amides is 1. The average molecular weight is 627 g/mol. The van der Waals surface area contributed by atoms with Gasteiger partial charge in [0, 0.05) is 30.3 Å². The van der Waals surface area contributed by atoms with Crippen LogP contribution in [0.3, 0.4) is 0 Å². The summed E-state index contributed by atoms with van der Waals surface area (Å²) in [5.41, 5.74) is 1.61. The third-order valence-electron chi connectivity index (χ3n) is 7.76. The van der Waals surface area contributed by atoms with Crippen LogP contribution < -0.4 is 5.32 Å². The number of carbonyl (C=O) groups excluding carboxylic acids is 1. The van der Waals surface area contributed by atoms with Crippen molar-refractivity contribution in [2.45, 2.75) is 38.6 Å². The zero-order chi connectivity index (χ0) is 32.2. The quantitative estimate of drug-likeness (QED) is 0.118. The van der Waals surface area contributed by atoms with Crippen molar-refractivity contribution < 1.29 is 41.3 Å². The second-order valence-electron chi connectivity index (χ2n) is 11.0. The highest BCUT2D eigenvalue weighted by atomic mass is 19.2. The molecule has 1 fully saturated rings. The fourth-order valence-corrected chi connectivity index (χ4v) is 5.36. The van der Waals surface area contributed by atoms with Crippen LogP contribution in [-0.2, 0) is 22.6 Å². The normalized spacial score (nSPS) is 19.9. The summed E-state index contributed by atoms with van der Waals surface area (Å²) >= 11 is 0. The standard InChI is InChI=1S/C34H31F5N2O4/c1-19-25(17-41(2)16-20-7-4-3-5-8-20)44-34(45-32(19)22-13-11-21(18-42)12-14-22)23-9-6-10-24(15-23)40-33(43)26-27(35)29(37)31(39)30(38)28(26)36/h3-15,19,25,32,34,42H,16-18H2,1-2H3,(H,40,43)/t19-,25+,32+,34+/m0/s1. The molecule has 1 aliphatic rings. The van der Waals surface area contributed by atoms with Gasteiger partial charge in [-0.05, 0) is 35.9 Å². The van der Waals surface area contributed by atoms with E-state index in [9.17, 15) is 31.9 Å². The molecule has 0 bridgehead atoms. The lowest BCUT2D eigenvalue weighted by molar-refractivity contribution is -0.276. The van der Waals surface area contributed by atoms with Crippen LogP contribution in [0.25, 0.3) is 0 Å². The Bertz CT molecular complexity index is 1630. The topological polar surface area (TPSA) is 71.0 Å². The van der Waals surface area contributed by atoms with Crippen molar-refractivity contribution >= 4 is 11.6 Å². The van der Waals surface area contributed by atoms with Gasteiger partial charge in [-0.1, -0.05) is 73.7 Å². The summed E-state index contributed by atoms with van der Waals surface area (Å²) in [6, 6.07) is 23.4. The number of ether oxygens (including phenoxy) is 2. The van der Waals surface area contributed by atoms with E-state index in [0.29, 0.717) is 18.7 Å². The molecule has 6 nitrogen and oxygen atoms in total. The van der Waals surface area contributed by atoms with Gasteiger partial charge in [0.05, 0.1) is 18.8 Å². The van der Waals surface area contributed by atoms with Crippen molar-refractivity contribution in [3.05, 3.63) is 136 Å². The molecule has 2 N–H and O–H groups in total. The molecular weight excluding hydrogens is 595 g/mol. The largest absolute Gasteiger partial charge is 0.392 e. The first kappa shape index (κ1) is 32.2. The number of aliphatic hydroxyl groups is 1. The second-order valence-corrected chi connectivity index (χ2v) is 11.0. The predicted octanol–water partition coefficient (Wildman–Crippen LogP) is 7.05. The SMILES string of the molecule is C[C@H]1[C@@H](CN(C)Cc2ccccc2)O[C@@H](c2cccc(NC(=O)c3c(F)c(F)c(F)c(F)c3F)c2)O[C@H]1c1ccc(CO)cc1. The summed E-state index contributed by atoms with van der Waals surface area (Å²) in [5, 5.41) is 11.7. The van der Waals surface area contributed by atoms with E-state index in [2.05, 4.69) is 10.2 Å². The van der Waals surface area contributed by atoms with Gasteiger partial charge in [0.25, 0.3) is 5.91 Å². The molecule has 1 amide bonds. The van der Waals surface area contributed by atoms with Gasteiger partial charge in [0.1, 0.15) is 5.56 Å². The Morgan fingerprint density at radius 2 is 1.44 bits per heavy atom. The Morgan fingerprint density at radius 1 is 0.800 bits per heavy atom. The number of aliphatic hydroxyl groups excluding tert-OH is 1. The van der Waals surface area contributed by atoms with Crippen molar-refractivity contribution in [3.8, 4) is 0 Å². The minimum atomic E-state index is -2.35. The molecule has 1 aliphatic heterocycles. The maximum absolute atomic E-state index is 14.3. The number of rotatable bonds is 9. The first-order valence-corrected chi connectivity index (χ1v) is 14.2. The average Bonchev–Trinajstić information content (AvgIpc) is 3.04. The number of nitrogens with zero attached hydrogens (tertiary/aromatic N) is 1. The number of benzene rings is 4. The van der Waals surface area contributed by atoms with Crippen LogP contribution >= 0.6 is 0 Å². The summed E-state index contributed by atoms with van der Waals surface area (Å²) in [5.74, 6) is -12.9. The predicted molar refractivity (Wildman–Crippen MR) is 156 cm³/mol. The van der Waals surface area contributed by atoms with E-state index in [-0.39, 0.29) is 24.3 Å². The van der Waals surface area contributed by atoms with Crippen LogP contribution in [-0.4, -0.2) is 35.6 Å². The van der Waals surface area contributed by atoms with Gasteiger partial charge in [0.15, 0.2) is 29.6 Å². The molecule has 45 heavy (non-hydrogen) atoms. The van der Waals surface area contributed by atoms with E-state index in [0.717, 1.165) is 16.7 Å². The zero-order valence-corrected chi connectivity index (χ0v) is 24.4. The van der Waals surface area contributed by atoms with Crippen molar-refractivity contribution in [3.63, 3.8) is 0 Å². The van der Waals surface area contributed by atoms with E-state index in [1.54, 1.807) is 6.07 Å². The fourth-order valence-electron chi connectivity index (χ4n) is 5.36. The van der Waals surface area contributed by atoms with Crippen LogP contribution in [0.4, 0.5) is 27.6 Å². The van der Waals surface area contributed by atoms with Crippen molar-refractivity contribution in [1.29, 1.82) is 0 Å². The van der Waals surface area contributed by atoms with E-state index in [1.807, 2.05) is 68.6 Å². The van der Waals surface area contributed by atoms with Crippen molar-refractivity contribution in [1.82, 2.24) is 4.90 Å². The summed E-state index contributed by atoms with van der Waals surface area (Å²) in [6.07, 6.45) is -1.70. The lowest BCUT2D eigenvalue weighted by atomic mass is 9.90. The summed E-state index contributed by atoms with van der Waals surface area (Å²) < 4.78 is 82.3. The molecule has 5 rings (SSSR count). The van der Waals surface area contributed by atoms with Crippen LogP contribution in [0.1, 0.15) is 51.9 Å². The zero-order valence-electron chi connectivity index (χ0n) is 24.4. The second kappa shape index (κ2) is 13.9. The Kier molecular flexibility index (Phi) is 9.93. The number of nitrogens with one attached hydrogen (secondary N) is 1. The lowest BCUT2D eigenvalue weighted by Crippen LogP contribution is -2.43. The Morgan fingerprint density at radius 3 is 2.09 bits per heavy atom. The van der Waals surface area contributed by atoms with E-state index < -0.39 is 53.0 Å². The molecule has 4 atom stereocenters. The van der Waals surface area contributed by atoms with Crippen LogP contribution in [0.2, 0.25) is 0 Å². The number of likely N-dealkylation sites (N-methyl/N-ethyl adjacent to an activating group) is 1. The maximum Gasteiger partial charge on any atom is 0.261 e. The maximum atomic E-state index is 14.3. The number of hydrogen-bond donors (Lipinski definition) is 2. The van der Waals surface area contributed by atoms with Crippen LogP contribution in [0, 0.1) is 35.0 Å². The fraction of sp³-hybridized carbons (Fsp3) is 0.265.